The number of sulfonamides is 1. The summed E-state index contributed by atoms with van der Waals surface area (Å²) < 4.78 is 24.9. The van der Waals surface area contributed by atoms with Crippen molar-refractivity contribution >= 4 is 10.0 Å². The highest BCUT2D eigenvalue weighted by Crippen LogP contribution is 2.17. The fourth-order valence-electron chi connectivity index (χ4n) is 1.86. The van der Waals surface area contributed by atoms with Gasteiger partial charge in [0.15, 0.2) is 0 Å². The van der Waals surface area contributed by atoms with Gasteiger partial charge in [-0.05, 0) is 19.4 Å². The number of nitrogens with one attached hydrogen (secondary N) is 1. The van der Waals surface area contributed by atoms with Crippen molar-refractivity contribution in [1.29, 1.82) is 0 Å². The van der Waals surface area contributed by atoms with Crippen LogP contribution in [-0.2, 0) is 10.0 Å². The van der Waals surface area contributed by atoms with E-state index in [0.717, 1.165) is 13.0 Å². The number of rotatable bonds is 6. The topological polar surface area (TPSA) is 69.6 Å². The standard InChI is InChI=1S/C10H22N2O3S/c1-3-4-7-16(14,15)12(2)9-10(13)5-6-11-8-10/h11,13H,3-9H2,1-2H3. The fraction of sp³-hybridized carbons (Fsp3) is 1.00. The second kappa shape index (κ2) is 5.44. The second-order valence-electron chi connectivity index (χ2n) is 4.58. The third-order valence-corrected chi connectivity index (χ3v) is 4.85. The van der Waals surface area contributed by atoms with Crippen molar-refractivity contribution < 1.29 is 13.5 Å². The lowest BCUT2D eigenvalue weighted by Gasteiger charge is -2.27. The number of hydrogen-bond donors (Lipinski definition) is 2. The van der Waals surface area contributed by atoms with Crippen molar-refractivity contribution in [3.8, 4) is 0 Å². The van der Waals surface area contributed by atoms with Gasteiger partial charge in [-0.15, -0.1) is 0 Å². The molecule has 1 heterocycles. The molecule has 1 fully saturated rings. The monoisotopic (exact) mass is 250 g/mol. The zero-order valence-corrected chi connectivity index (χ0v) is 10.9. The summed E-state index contributed by atoms with van der Waals surface area (Å²) in [6, 6.07) is 0. The van der Waals surface area contributed by atoms with E-state index in [-0.39, 0.29) is 12.3 Å². The number of β-amino-alcohol motifs (C(OH)–C–C–N with tert-alkyl or cyclic N) is 1. The molecule has 0 bridgehead atoms. The van der Waals surface area contributed by atoms with E-state index in [1.807, 2.05) is 6.92 Å². The van der Waals surface area contributed by atoms with Crippen LogP contribution in [0.25, 0.3) is 0 Å². The number of hydrogen-bond acceptors (Lipinski definition) is 4. The lowest BCUT2D eigenvalue weighted by Crippen LogP contribution is -2.45. The van der Waals surface area contributed by atoms with Crippen molar-refractivity contribution in [1.82, 2.24) is 9.62 Å². The number of nitrogens with zero attached hydrogens (tertiary/aromatic N) is 1. The summed E-state index contributed by atoms with van der Waals surface area (Å²) in [7, 11) is -1.66. The molecule has 1 rings (SSSR count). The summed E-state index contributed by atoms with van der Waals surface area (Å²) in [5.74, 6) is 0.170. The van der Waals surface area contributed by atoms with E-state index in [2.05, 4.69) is 5.32 Å². The summed E-state index contributed by atoms with van der Waals surface area (Å²) in [5.41, 5.74) is -0.895. The first kappa shape index (κ1) is 13.9. The lowest BCUT2D eigenvalue weighted by atomic mass is 10.0. The van der Waals surface area contributed by atoms with Crippen molar-refractivity contribution in [2.45, 2.75) is 31.8 Å². The molecule has 0 aromatic heterocycles. The molecule has 0 aliphatic carbocycles. The van der Waals surface area contributed by atoms with Gasteiger partial charge in [0.05, 0.1) is 11.4 Å². The SMILES string of the molecule is CCCCS(=O)(=O)N(C)CC1(O)CCNC1. The van der Waals surface area contributed by atoms with Gasteiger partial charge in [-0.25, -0.2) is 12.7 Å². The average Bonchev–Trinajstić information content (AvgIpc) is 2.62. The van der Waals surface area contributed by atoms with Gasteiger partial charge in [-0.1, -0.05) is 13.3 Å². The molecule has 16 heavy (non-hydrogen) atoms. The normalized spacial score (nSPS) is 26.5. The smallest absolute Gasteiger partial charge is 0.213 e. The Balaban J connectivity index is 2.53. The van der Waals surface area contributed by atoms with E-state index >= 15 is 0 Å². The van der Waals surface area contributed by atoms with Crippen LogP contribution in [0.4, 0.5) is 0 Å². The fourth-order valence-corrected chi connectivity index (χ4v) is 3.26. The Hall–Kier alpha value is -0.170. The Morgan fingerprint density at radius 3 is 2.69 bits per heavy atom. The van der Waals surface area contributed by atoms with Crippen LogP contribution in [0.2, 0.25) is 0 Å². The Labute approximate surface area is 97.9 Å². The third-order valence-electron chi connectivity index (χ3n) is 2.97. The molecular weight excluding hydrogens is 228 g/mol. The molecule has 1 aliphatic rings. The van der Waals surface area contributed by atoms with Crippen LogP contribution < -0.4 is 5.32 Å². The molecule has 0 radical (unpaired) electrons. The van der Waals surface area contributed by atoms with Gasteiger partial charge in [-0.2, -0.15) is 0 Å². The van der Waals surface area contributed by atoms with E-state index in [0.29, 0.717) is 19.4 Å². The van der Waals surface area contributed by atoms with Crippen LogP contribution in [0, 0.1) is 0 Å². The van der Waals surface area contributed by atoms with Crippen LogP contribution in [0.5, 0.6) is 0 Å². The minimum atomic E-state index is -3.20. The molecule has 96 valence electrons. The minimum absolute atomic E-state index is 0.170. The summed E-state index contributed by atoms with van der Waals surface area (Å²) in [5, 5.41) is 13.1. The van der Waals surface area contributed by atoms with Crippen molar-refractivity contribution in [2.75, 3.05) is 32.4 Å². The van der Waals surface area contributed by atoms with Crippen LogP contribution in [0.3, 0.4) is 0 Å². The third kappa shape index (κ3) is 3.69. The molecule has 5 nitrogen and oxygen atoms in total. The maximum absolute atomic E-state index is 11.8. The van der Waals surface area contributed by atoms with Crippen molar-refractivity contribution in [2.24, 2.45) is 0 Å². The Morgan fingerprint density at radius 1 is 1.50 bits per heavy atom. The molecule has 0 amide bonds. The molecule has 2 N–H and O–H groups in total. The highest BCUT2D eigenvalue weighted by atomic mass is 32.2. The summed E-state index contributed by atoms with van der Waals surface area (Å²) in [6.07, 6.45) is 2.14. The van der Waals surface area contributed by atoms with Gasteiger partial charge in [-0.3, -0.25) is 0 Å². The lowest BCUT2D eigenvalue weighted by molar-refractivity contribution is 0.0462. The van der Waals surface area contributed by atoms with Crippen LogP contribution in [0.1, 0.15) is 26.2 Å². The van der Waals surface area contributed by atoms with E-state index in [1.165, 1.54) is 4.31 Å². The predicted octanol–water partition coefficient (Wildman–Crippen LogP) is -0.227. The quantitative estimate of drug-likeness (QED) is 0.683. The van der Waals surface area contributed by atoms with Gasteiger partial charge < -0.3 is 10.4 Å². The molecule has 1 unspecified atom stereocenters. The first-order valence-corrected chi connectivity index (χ1v) is 7.38. The molecule has 0 spiro atoms. The second-order valence-corrected chi connectivity index (χ2v) is 6.77. The van der Waals surface area contributed by atoms with Crippen molar-refractivity contribution in [3.63, 3.8) is 0 Å². The summed E-state index contributed by atoms with van der Waals surface area (Å²) in [6.45, 7) is 3.37. The van der Waals surface area contributed by atoms with E-state index in [4.69, 9.17) is 0 Å². The zero-order valence-electron chi connectivity index (χ0n) is 10.1. The Bertz CT molecular complexity index is 310. The van der Waals surface area contributed by atoms with E-state index in [1.54, 1.807) is 7.05 Å². The summed E-state index contributed by atoms with van der Waals surface area (Å²) >= 11 is 0. The number of unbranched alkanes of at least 4 members (excludes halogenated alkanes) is 1. The largest absolute Gasteiger partial charge is 0.387 e. The zero-order chi connectivity index (χ0) is 12.2. The first-order chi connectivity index (χ1) is 7.40. The van der Waals surface area contributed by atoms with Gasteiger partial charge in [0.2, 0.25) is 10.0 Å². The van der Waals surface area contributed by atoms with Gasteiger partial charge in [0.25, 0.3) is 0 Å². The highest BCUT2D eigenvalue weighted by Gasteiger charge is 2.34. The Morgan fingerprint density at radius 2 is 2.19 bits per heavy atom. The molecule has 1 atom stereocenters. The van der Waals surface area contributed by atoms with Gasteiger partial charge in [0.1, 0.15) is 0 Å². The average molecular weight is 250 g/mol. The number of likely N-dealkylation sites (N-methyl/N-ethyl adjacent to an activating group) is 1. The van der Waals surface area contributed by atoms with Gasteiger partial charge in [0, 0.05) is 20.1 Å². The van der Waals surface area contributed by atoms with E-state index in [9.17, 15) is 13.5 Å². The maximum Gasteiger partial charge on any atom is 0.213 e. The first-order valence-electron chi connectivity index (χ1n) is 5.77. The van der Waals surface area contributed by atoms with Gasteiger partial charge >= 0.3 is 0 Å². The van der Waals surface area contributed by atoms with Crippen LogP contribution >= 0.6 is 0 Å². The van der Waals surface area contributed by atoms with Crippen LogP contribution in [0.15, 0.2) is 0 Å². The molecule has 1 aliphatic heterocycles. The Kier molecular flexibility index (Phi) is 4.73. The number of aliphatic hydroxyl groups is 1. The predicted molar refractivity (Wildman–Crippen MR) is 63.8 cm³/mol. The molecule has 0 saturated carbocycles. The van der Waals surface area contributed by atoms with Crippen LogP contribution in [-0.4, -0.2) is 55.9 Å². The maximum atomic E-state index is 11.8. The molecule has 0 aromatic rings. The molecular formula is C10H22N2O3S. The minimum Gasteiger partial charge on any atom is -0.387 e. The highest BCUT2D eigenvalue weighted by molar-refractivity contribution is 7.89. The molecule has 6 heteroatoms. The van der Waals surface area contributed by atoms with E-state index < -0.39 is 15.6 Å². The van der Waals surface area contributed by atoms with Crippen molar-refractivity contribution in [3.05, 3.63) is 0 Å². The molecule has 1 saturated heterocycles. The molecule has 0 aromatic carbocycles. The summed E-state index contributed by atoms with van der Waals surface area (Å²) in [4.78, 5) is 0.